The van der Waals surface area contributed by atoms with Gasteiger partial charge >= 0.3 is 0 Å². The minimum Gasteiger partial charge on any atom is -0.309 e. The van der Waals surface area contributed by atoms with Gasteiger partial charge in [0.1, 0.15) is 0 Å². The minimum absolute atomic E-state index is 1.10. The number of hydrogen-bond acceptors (Lipinski definition) is 0. The van der Waals surface area contributed by atoms with Crippen LogP contribution >= 0.6 is 0 Å². The normalized spacial score (nSPS) is 12.2. The standard InChI is InChI=1S/C50H27N/c1-3-13-45-40(11-1)41-12-2-4-14-46(41)51(45)36-10-6-9-35(29-36)37-23-17-33-22-28-44-39(25-19-34-21-26-42(37)49(33)50(34)44)38-24-18-32-16-15-30-7-5-8-31-20-27-43(38)48(32)47(30)31/h1,3-11,13-29H. The molecule has 0 saturated carbocycles. The zero-order chi connectivity index (χ0) is 33.2. The second-order valence-electron chi connectivity index (χ2n) is 13.9. The van der Waals surface area contributed by atoms with E-state index in [1.165, 1.54) is 97.8 Å². The largest absolute Gasteiger partial charge is 0.309 e. The molecule has 0 aliphatic carbocycles. The van der Waals surface area contributed by atoms with E-state index in [4.69, 9.17) is 0 Å². The van der Waals surface area contributed by atoms with Crippen LogP contribution in [0.1, 0.15) is 0 Å². The molecule has 1 aromatic heterocycles. The summed E-state index contributed by atoms with van der Waals surface area (Å²) in [5.41, 5.74) is 8.47. The van der Waals surface area contributed by atoms with Crippen molar-refractivity contribution in [1.82, 2.24) is 4.57 Å². The first-order chi connectivity index (χ1) is 25.3. The average Bonchev–Trinajstić information content (AvgIpc) is 3.53. The van der Waals surface area contributed by atoms with Gasteiger partial charge in [0.2, 0.25) is 0 Å². The molecule has 0 bridgehead atoms. The van der Waals surface area contributed by atoms with E-state index in [0.717, 1.165) is 16.6 Å². The molecule has 0 unspecified atom stereocenters. The van der Waals surface area contributed by atoms with Crippen LogP contribution in [0.15, 0.2) is 164 Å². The van der Waals surface area contributed by atoms with Crippen LogP contribution in [0.5, 0.6) is 0 Å². The highest BCUT2D eigenvalue weighted by molar-refractivity contribution is 6.30. The second-order valence-corrected chi connectivity index (χ2v) is 13.9. The van der Waals surface area contributed by atoms with E-state index in [1.807, 2.05) is 6.07 Å². The summed E-state index contributed by atoms with van der Waals surface area (Å²) in [7, 11) is 0. The van der Waals surface area contributed by atoms with Crippen molar-refractivity contribution in [3.63, 3.8) is 0 Å². The lowest BCUT2D eigenvalue weighted by molar-refractivity contribution is 1.18. The van der Waals surface area contributed by atoms with E-state index in [1.54, 1.807) is 0 Å². The summed E-state index contributed by atoms with van der Waals surface area (Å²) in [4.78, 5) is 0. The highest BCUT2D eigenvalue weighted by Crippen LogP contribution is 2.45. The van der Waals surface area contributed by atoms with E-state index in [2.05, 4.69) is 174 Å². The summed E-state index contributed by atoms with van der Waals surface area (Å²) in [5.74, 6) is 0. The molecule has 0 saturated heterocycles. The lowest BCUT2D eigenvalue weighted by Gasteiger charge is -2.18. The van der Waals surface area contributed by atoms with Crippen molar-refractivity contribution < 1.29 is 0 Å². The Morgan fingerprint density at radius 1 is 0.373 bits per heavy atom. The van der Waals surface area contributed by atoms with Gasteiger partial charge in [-0.15, -0.1) is 0 Å². The highest BCUT2D eigenvalue weighted by Gasteiger charge is 2.18. The maximum absolute atomic E-state index is 3.38. The number of para-hydroxylation sites is 1. The summed E-state index contributed by atoms with van der Waals surface area (Å²) in [6.45, 7) is 0. The lowest BCUT2D eigenvalue weighted by atomic mass is 9.85. The molecule has 0 N–H and O–H groups in total. The van der Waals surface area contributed by atoms with Gasteiger partial charge in [-0.25, -0.2) is 0 Å². The Labute approximate surface area is 293 Å². The van der Waals surface area contributed by atoms with Crippen LogP contribution in [0, 0.1) is 12.1 Å². The molecule has 1 nitrogen and oxygen atoms in total. The Bertz CT molecular complexity index is 3290. The van der Waals surface area contributed by atoms with Gasteiger partial charge < -0.3 is 4.57 Å². The van der Waals surface area contributed by atoms with Crippen LogP contribution in [0.4, 0.5) is 0 Å². The van der Waals surface area contributed by atoms with Crippen molar-refractivity contribution in [3.8, 4) is 27.9 Å². The van der Waals surface area contributed by atoms with Crippen LogP contribution in [-0.2, 0) is 0 Å². The molecule has 0 aliphatic rings. The lowest BCUT2D eigenvalue weighted by Crippen LogP contribution is -1.94. The molecule has 0 fully saturated rings. The van der Waals surface area contributed by atoms with E-state index >= 15 is 0 Å². The fourth-order valence-electron chi connectivity index (χ4n) is 9.13. The maximum Gasteiger partial charge on any atom is 0.0631 e. The number of benzene rings is 10. The molecule has 11 aromatic carbocycles. The van der Waals surface area contributed by atoms with Crippen LogP contribution in [-0.4, -0.2) is 4.57 Å². The van der Waals surface area contributed by atoms with E-state index in [9.17, 15) is 0 Å². The second kappa shape index (κ2) is 9.85. The number of fused-ring (bicyclic) bond motifs is 3. The quantitative estimate of drug-likeness (QED) is 0.169. The van der Waals surface area contributed by atoms with Crippen LogP contribution in [0.25, 0.3) is 114 Å². The Morgan fingerprint density at radius 3 is 1.63 bits per heavy atom. The van der Waals surface area contributed by atoms with Crippen molar-refractivity contribution in [2.45, 2.75) is 0 Å². The summed E-state index contributed by atoms with van der Waals surface area (Å²) in [6.07, 6.45) is 0. The van der Waals surface area contributed by atoms with Crippen LogP contribution in [0.3, 0.4) is 0 Å². The minimum atomic E-state index is 1.10. The molecule has 232 valence electrons. The molecule has 1 heteroatoms. The topological polar surface area (TPSA) is 4.93 Å². The highest BCUT2D eigenvalue weighted by atomic mass is 15.0. The predicted octanol–water partition coefficient (Wildman–Crippen LogP) is 13.5. The smallest absolute Gasteiger partial charge is 0.0631 e. The van der Waals surface area contributed by atoms with Crippen molar-refractivity contribution >= 4 is 86.4 Å². The van der Waals surface area contributed by atoms with Gasteiger partial charge in [0.15, 0.2) is 0 Å². The van der Waals surface area contributed by atoms with Crippen molar-refractivity contribution in [1.29, 1.82) is 0 Å². The van der Waals surface area contributed by atoms with Crippen molar-refractivity contribution in [2.75, 3.05) is 0 Å². The Kier molecular flexibility index (Phi) is 5.22. The SMILES string of the molecule is c1ccc2c(c#1)c1ccccc1n2-c1cccc(-c2ccc3ccc4c(-c5ccc6ccc7cccc8ccc5c6c78)ccc5ccc2c3c54)c1. The van der Waals surface area contributed by atoms with Gasteiger partial charge in [-0.1, -0.05) is 146 Å². The van der Waals surface area contributed by atoms with Gasteiger partial charge in [0.25, 0.3) is 0 Å². The van der Waals surface area contributed by atoms with Gasteiger partial charge in [-0.3, -0.25) is 0 Å². The fraction of sp³-hybridized carbons (Fsp3) is 0. The van der Waals surface area contributed by atoms with Gasteiger partial charge in [0.05, 0.1) is 16.4 Å². The summed E-state index contributed by atoms with van der Waals surface area (Å²) < 4.78 is 2.36. The number of hydrogen-bond donors (Lipinski definition) is 0. The predicted molar refractivity (Wildman–Crippen MR) is 217 cm³/mol. The van der Waals surface area contributed by atoms with Crippen LogP contribution < -0.4 is 0 Å². The van der Waals surface area contributed by atoms with Gasteiger partial charge in [-0.05, 0) is 117 Å². The zero-order valence-corrected chi connectivity index (χ0v) is 27.5. The first kappa shape index (κ1) is 27.0. The molecular formula is C50H27N. The van der Waals surface area contributed by atoms with E-state index < -0.39 is 0 Å². The molecule has 12 rings (SSSR count). The maximum atomic E-state index is 3.38. The molecular weight excluding hydrogens is 615 g/mol. The first-order valence-electron chi connectivity index (χ1n) is 17.6. The average molecular weight is 642 g/mol. The molecule has 0 atom stereocenters. The van der Waals surface area contributed by atoms with E-state index in [0.29, 0.717) is 0 Å². The zero-order valence-electron chi connectivity index (χ0n) is 27.5. The Hall–Kier alpha value is -6.88. The Morgan fingerprint density at radius 2 is 0.922 bits per heavy atom. The van der Waals surface area contributed by atoms with Crippen molar-refractivity contribution in [3.05, 3.63) is 176 Å². The van der Waals surface area contributed by atoms with Crippen LogP contribution in [0.2, 0.25) is 0 Å². The van der Waals surface area contributed by atoms with E-state index in [-0.39, 0.29) is 0 Å². The summed E-state index contributed by atoms with van der Waals surface area (Å²) in [6, 6.07) is 67.2. The van der Waals surface area contributed by atoms with Gasteiger partial charge in [-0.2, -0.15) is 0 Å². The fourth-order valence-corrected chi connectivity index (χ4v) is 9.13. The monoisotopic (exact) mass is 641 g/mol. The number of rotatable bonds is 3. The van der Waals surface area contributed by atoms with Gasteiger partial charge in [0, 0.05) is 11.1 Å². The van der Waals surface area contributed by atoms with Crippen molar-refractivity contribution in [2.24, 2.45) is 0 Å². The molecule has 0 spiro atoms. The first-order valence-corrected chi connectivity index (χ1v) is 17.6. The number of aromatic nitrogens is 1. The molecule has 51 heavy (non-hydrogen) atoms. The third kappa shape index (κ3) is 3.61. The molecule has 0 amide bonds. The third-order valence-electron chi connectivity index (χ3n) is 11.3. The molecule has 0 radical (unpaired) electrons. The molecule has 1 heterocycles. The Balaban J connectivity index is 1.09. The molecule has 12 aromatic rings. The number of nitrogens with zero attached hydrogens (tertiary/aromatic N) is 1. The molecule has 0 aliphatic heterocycles. The third-order valence-corrected chi connectivity index (χ3v) is 11.3. The summed E-state index contributed by atoms with van der Waals surface area (Å²) >= 11 is 0. The summed E-state index contributed by atoms with van der Waals surface area (Å²) in [5, 5.41) is 18.0.